The molecule has 0 saturated carbocycles. The number of hydrogen-bond acceptors (Lipinski definition) is 6. The van der Waals surface area contributed by atoms with E-state index in [4.69, 9.17) is 20.1 Å². The molecule has 0 bridgehead atoms. The minimum atomic E-state index is -1.47. The quantitative estimate of drug-likeness (QED) is 0.327. The van der Waals surface area contributed by atoms with Gasteiger partial charge in [-0.25, -0.2) is 9.97 Å². The molecule has 4 N–H and O–H groups in total. The molecule has 6 nitrogen and oxygen atoms in total. The maximum absolute atomic E-state index is 8.50. The Morgan fingerprint density at radius 1 is 1.17 bits per heavy atom. The lowest BCUT2D eigenvalue weighted by Crippen LogP contribution is -2.30. The minimum absolute atomic E-state index is 0. The van der Waals surface area contributed by atoms with Gasteiger partial charge in [0.25, 0.3) is 0 Å². The predicted octanol–water partition coefficient (Wildman–Crippen LogP) is -3.34. The third-order valence-electron chi connectivity index (χ3n) is 0.879. The third kappa shape index (κ3) is 4.80. The van der Waals surface area contributed by atoms with Gasteiger partial charge in [-0.1, -0.05) is 0 Å². The molecule has 1 aromatic heterocycles. The van der Waals surface area contributed by atoms with Gasteiger partial charge in [0, 0.05) is 17.9 Å². The van der Waals surface area contributed by atoms with Crippen LogP contribution in [-0.2, 0) is 0 Å². The number of aromatic nitrogens is 2. The van der Waals surface area contributed by atoms with E-state index in [9.17, 15) is 0 Å². The molecule has 0 saturated heterocycles. The molecule has 0 unspecified atom stereocenters. The molecule has 0 aliphatic heterocycles. The number of rotatable bonds is 1. The van der Waals surface area contributed by atoms with Gasteiger partial charge in [-0.05, 0) is 0 Å². The molecule has 0 spiro atoms. The van der Waals surface area contributed by atoms with Crippen molar-refractivity contribution in [1.82, 2.24) is 9.97 Å². The average molecular weight is 169 g/mol. The van der Waals surface area contributed by atoms with Crippen molar-refractivity contribution in [2.24, 2.45) is 0 Å². The molecule has 1 aromatic rings. The third-order valence-corrected chi connectivity index (χ3v) is 0.879. The first-order valence-corrected chi connectivity index (χ1v) is 2.93. The van der Waals surface area contributed by atoms with Gasteiger partial charge in [0.05, 0.1) is 0 Å². The van der Waals surface area contributed by atoms with Gasteiger partial charge in [0.1, 0.15) is 6.33 Å². The highest BCUT2D eigenvalue weighted by atomic mass is 16.4. The largest absolute Gasteiger partial charge is 0.491 e. The van der Waals surface area contributed by atoms with Gasteiger partial charge in [0.15, 0.2) is 0 Å². The topological polar surface area (TPSA) is 107 Å². The van der Waals surface area contributed by atoms with Crippen molar-refractivity contribution in [3.05, 3.63) is 18.7 Å². The summed E-state index contributed by atoms with van der Waals surface area (Å²) in [6.45, 7) is 0. The Kier molecular flexibility index (Phi) is 6.21. The van der Waals surface area contributed by atoms with Crippen molar-refractivity contribution in [1.29, 1.82) is 0 Å². The second kappa shape index (κ2) is 6.74. The standard InChI is InChI=1S/C4H5BN2O2.BH2O2/c8-5(9)4-1-6-3-7-2-4;2-1-3/h1-3,8-9H;2-3H. The van der Waals surface area contributed by atoms with Crippen LogP contribution in [0.1, 0.15) is 0 Å². The summed E-state index contributed by atoms with van der Waals surface area (Å²) in [4.78, 5) is 7.15. The maximum atomic E-state index is 8.50. The van der Waals surface area contributed by atoms with Gasteiger partial charge < -0.3 is 20.1 Å². The Hall–Kier alpha value is -0.950. The van der Waals surface area contributed by atoms with Crippen LogP contribution in [0, 0.1) is 0 Å². The Labute approximate surface area is 70.0 Å². The molecule has 0 aliphatic rings. The zero-order valence-electron chi connectivity index (χ0n) is 6.07. The molecule has 1 rings (SSSR count). The van der Waals surface area contributed by atoms with E-state index in [0.717, 1.165) is 0 Å². The zero-order valence-corrected chi connectivity index (χ0v) is 6.07. The minimum Gasteiger partial charge on any atom is -0.429 e. The van der Waals surface area contributed by atoms with E-state index in [-0.39, 0.29) is 7.69 Å². The highest BCUT2D eigenvalue weighted by Crippen LogP contribution is 1.72. The molecule has 1 heterocycles. The fourth-order valence-corrected chi connectivity index (χ4v) is 0.444. The normalized spacial score (nSPS) is 8.00. The summed E-state index contributed by atoms with van der Waals surface area (Å²) in [6, 6.07) is 0. The summed E-state index contributed by atoms with van der Waals surface area (Å²) in [6.07, 6.45) is 4.02. The Morgan fingerprint density at radius 2 is 1.58 bits per heavy atom. The second-order valence-corrected chi connectivity index (χ2v) is 1.66. The molecular weight excluding hydrogens is 162 g/mol. The second-order valence-electron chi connectivity index (χ2n) is 1.66. The van der Waals surface area contributed by atoms with Gasteiger partial charge in [0.2, 0.25) is 0 Å². The van der Waals surface area contributed by atoms with Crippen molar-refractivity contribution in [2.75, 3.05) is 0 Å². The summed E-state index contributed by atoms with van der Waals surface area (Å²) in [7, 11) is -1.47. The summed E-state index contributed by atoms with van der Waals surface area (Å²) in [5.41, 5.74) is 0.303. The average Bonchev–Trinajstić information content (AvgIpc) is 2.07. The summed E-state index contributed by atoms with van der Waals surface area (Å²) < 4.78 is 0. The summed E-state index contributed by atoms with van der Waals surface area (Å²) >= 11 is 0. The van der Waals surface area contributed by atoms with Crippen molar-refractivity contribution < 1.29 is 20.1 Å². The fourth-order valence-electron chi connectivity index (χ4n) is 0.444. The maximum Gasteiger partial charge on any atom is 0.491 e. The molecule has 12 heavy (non-hydrogen) atoms. The fraction of sp³-hybridized carbons (Fsp3) is 0. The van der Waals surface area contributed by atoms with E-state index < -0.39 is 7.12 Å². The van der Waals surface area contributed by atoms with Crippen molar-refractivity contribution in [2.45, 2.75) is 0 Å². The highest BCUT2D eigenvalue weighted by Gasteiger charge is 2.09. The molecule has 63 valence electrons. The molecule has 0 amide bonds. The lowest BCUT2D eigenvalue weighted by Gasteiger charge is -1.92. The van der Waals surface area contributed by atoms with E-state index >= 15 is 0 Å². The first-order valence-electron chi connectivity index (χ1n) is 2.93. The number of nitrogens with zero attached hydrogens (tertiary/aromatic N) is 2. The van der Waals surface area contributed by atoms with E-state index in [1.165, 1.54) is 18.7 Å². The van der Waals surface area contributed by atoms with Crippen LogP contribution in [0.2, 0.25) is 0 Å². The van der Waals surface area contributed by atoms with Gasteiger partial charge >= 0.3 is 14.8 Å². The molecule has 0 aromatic carbocycles. The van der Waals surface area contributed by atoms with Crippen LogP contribution >= 0.6 is 0 Å². The monoisotopic (exact) mass is 169 g/mol. The van der Waals surface area contributed by atoms with Crippen LogP contribution in [0.4, 0.5) is 0 Å². The zero-order chi connectivity index (χ0) is 9.40. The molecule has 1 radical (unpaired) electrons. The van der Waals surface area contributed by atoms with Crippen LogP contribution < -0.4 is 5.46 Å². The van der Waals surface area contributed by atoms with Crippen LogP contribution in [0.5, 0.6) is 0 Å². The predicted molar refractivity (Wildman–Crippen MR) is 42.0 cm³/mol. The van der Waals surface area contributed by atoms with Crippen molar-refractivity contribution in [3.63, 3.8) is 0 Å². The van der Waals surface area contributed by atoms with Crippen LogP contribution in [0.15, 0.2) is 18.7 Å². The molecule has 0 atom stereocenters. The van der Waals surface area contributed by atoms with Gasteiger partial charge in [-0.2, -0.15) is 0 Å². The van der Waals surface area contributed by atoms with E-state index in [1.54, 1.807) is 0 Å². The lowest BCUT2D eigenvalue weighted by atomic mass is 9.83. The van der Waals surface area contributed by atoms with E-state index in [2.05, 4.69) is 9.97 Å². The van der Waals surface area contributed by atoms with Crippen molar-refractivity contribution in [3.8, 4) is 0 Å². The van der Waals surface area contributed by atoms with Gasteiger partial charge in [-0.15, -0.1) is 0 Å². The Morgan fingerprint density at radius 3 is 1.83 bits per heavy atom. The van der Waals surface area contributed by atoms with Crippen molar-refractivity contribution >= 4 is 20.3 Å². The molecular formula is C4H7B2N2O4. The first-order chi connectivity index (χ1) is 5.72. The molecule has 8 heteroatoms. The van der Waals surface area contributed by atoms with E-state index in [1.807, 2.05) is 0 Å². The van der Waals surface area contributed by atoms with Crippen LogP contribution in [0.25, 0.3) is 0 Å². The Balaban J connectivity index is 0.000000354. The van der Waals surface area contributed by atoms with E-state index in [0.29, 0.717) is 5.46 Å². The molecule has 0 fully saturated rings. The summed E-state index contributed by atoms with van der Waals surface area (Å²) in [5.74, 6) is 0. The summed E-state index contributed by atoms with van der Waals surface area (Å²) in [5, 5.41) is 31.0. The van der Waals surface area contributed by atoms with Crippen LogP contribution in [-0.4, -0.2) is 44.9 Å². The highest BCUT2D eigenvalue weighted by molar-refractivity contribution is 6.58. The Bertz CT molecular complexity index is 198. The lowest BCUT2D eigenvalue weighted by molar-refractivity contribution is 0.425. The smallest absolute Gasteiger partial charge is 0.429 e. The molecule has 0 aliphatic carbocycles. The number of hydrogen-bond donors (Lipinski definition) is 4. The first kappa shape index (κ1) is 11.0. The van der Waals surface area contributed by atoms with Crippen LogP contribution in [0.3, 0.4) is 0 Å². The van der Waals surface area contributed by atoms with Gasteiger partial charge in [-0.3, -0.25) is 0 Å². The SMILES string of the molecule is OB(O)c1cncnc1.O[B]O.